The zero-order valence-corrected chi connectivity index (χ0v) is 12.9. The summed E-state index contributed by atoms with van der Waals surface area (Å²) in [4.78, 5) is 27.4. The number of hydrogen-bond donors (Lipinski definition) is 1. The zero-order chi connectivity index (χ0) is 15.9. The number of aliphatic carboxylic acids is 1. The largest absolute Gasteiger partial charge is 0.481 e. The Morgan fingerprint density at radius 3 is 2.73 bits per heavy atom. The summed E-state index contributed by atoms with van der Waals surface area (Å²) < 4.78 is 5.23. The topological polar surface area (TPSA) is 86.9 Å². The highest BCUT2D eigenvalue weighted by molar-refractivity contribution is 5.88. The maximum absolute atomic E-state index is 12.0. The molecule has 7 nitrogen and oxygen atoms in total. The predicted octanol–water partition coefficient (Wildman–Crippen LogP) is 0.881. The second-order valence-corrected chi connectivity index (χ2v) is 6.36. The lowest BCUT2D eigenvalue weighted by molar-refractivity contribution is -0.146. The summed E-state index contributed by atoms with van der Waals surface area (Å²) in [7, 11) is 1.74. The molecule has 0 radical (unpaired) electrons. The number of rotatable bonds is 3. The van der Waals surface area contributed by atoms with Gasteiger partial charge in [-0.15, -0.1) is 0 Å². The third-order valence-electron chi connectivity index (χ3n) is 5.15. The Balaban J connectivity index is 1.69. The fourth-order valence-corrected chi connectivity index (χ4v) is 3.79. The van der Waals surface area contributed by atoms with Gasteiger partial charge in [0.05, 0.1) is 23.7 Å². The monoisotopic (exact) mass is 307 g/mol. The van der Waals surface area contributed by atoms with Crippen molar-refractivity contribution >= 4 is 11.9 Å². The van der Waals surface area contributed by atoms with E-state index in [1.54, 1.807) is 11.9 Å². The van der Waals surface area contributed by atoms with Gasteiger partial charge in [-0.1, -0.05) is 5.16 Å². The average molecular weight is 307 g/mol. The molecule has 0 aromatic carbocycles. The third-order valence-corrected chi connectivity index (χ3v) is 5.15. The van der Waals surface area contributed by atoms with Crippen LogP contribution in [0.5, 0.6) is 0 Å². The van der Waals surface area contributed by atoms with Gasteiger partial charge in [0, 0.05) is 32.6 Å². The molecule has 1 atom stereocenters. The lowest BCUT2D eigenvalue weighted by Crippen LogP contribution is -2.55. The van der Waals surface area contributed by atoms with Crippen LogP contribution in [0.1, 0.15) is 30.7 Å². The lowest BCUT2D eigenvalue weighted by atomic mass is 9.77. The Bertz CT molecular complexity index is 589. The van der Waals surface area contributed by atoms with E-state index < -0.39 is 17.4 Å². The molecule has 1 N–H and O–H groups in total. The fourth-order valence-electron chi connectivity index (χ4n) is 3.79. The van der Waals surface area contributed by atoms with Crippen LogP contribution in [0, 0.1) is 12.8 Å². The van der Waals surface area contributed by atoms with Crippen LogP contribution in [0.2, 0.25) is 0 Å². The van der Waals surface area contributed by atoms with Gasteiger partial charge in [0.1, 0.15) is 0 Å². The van der Waals surface area contributed by atoms with E-state index in [2.05, 4.69) is 10.1 Å². The molecule has 3 heterocycles. The second-order valence-electron chi connectivity index (χ2n) is 6.36. The summed E-state index contributed by atoms with van der Waals surface area (Å²) >= 11 is 0. The maximum atomic E-state index is 12.0. The quantitative estimate of drug-likeness (QED) is 0.892. The van der Waals surface area contributed by atoms with E-state index in [0.29, 0.717) is 19.4 Å². The minimum atomic E-state index is -0.864. The van der Waals surface area contributed by atoms with Gasteiger partial charge < -0.3 is 14.5 Å². The molecule has 1 aromatic heterocycles. The van der Waals surface area contributed by atoms with Gasteiger partial charge in [-0.05, 0) is 19.8 Å². The van der Waals surface area contributed by atoms with Gasteiger partial charge in [0.25, 0.3) is 0 Å². The highest BCUT2D eigenvalue weighted by Crippen LogP contribution is 2.42. The first-order valence-corrected chi connectivity index (χ1v) is 7.56. The Labute approximate surface area is 128 Å². The second kappa shape index (κ2) is 5.39. The number of piperidine rings is 1. The number of carbonyl (C=O) groups is 2. The number of carboxylic acid groups (broad SMARTS) is 1. The van der Waals surface area contributed by atoms with Crippen LogP contribution in [-0.4, -0.2) is 57.6 Å². The summed E-state index contributed by atoms with van der Waals surface area (Å²) in [5.41, 5.74) is 0.326. The van der Waals surface area contributed by atoms with Gasteiger partial charge in [0.15, 0.2) is 5.76 Å². The van der Waals surface area contributed by atoms with Crippen molar-refractivity contribution in [2.75, 3.05) is 20.1 Å². The van der Waals surface area contributed by atoms with Crippen molar-refractivity contribution in [2.24, 2.45) is 5.92 Å². The molecule has 2 fully saturated rings. The van der Waals surface area contributed by atoms with Crippen LogP contribution in [0.25, 0.3) is 0 Å². The summed E-state index contributed by atoms with van der Waals surface area (Å²) in [6, 6.07) is 1.91. The minimum absolute atomic E-state index is 0.0632. The molecule has 3 rings (SSSR count). The molecule has 2 saturated heterocycles. The summed E-state index contributed by atoms with van der Waals surface area (Å²) in [5.74, 6) is -0.706. The Kier molecular flexibility index (Phi) is 3.68. The number of amides is 1. The Morgan fingerprint density at radius 1 is 1.50 bits per heavy atom. The van der Waals surface area contributed by atoms with Gasteiger partial charge in [0.2, 0.25) is 5.91 Å². The van der Waals surface area contributed by atoms with Crippen molar-refractivity contribution in [3.63, 3.8) is 0 Å². The van der Waals surface area contributed by atoms with E-state index in [1.165, 1.54) is 0 Å². The molecular weight excluding hydrogens is 286 g/mol. The van der Waals surface area contributed by atoms with E-state index in [4.69, 9.17) is 4.52 Å². The van der Waals surface area contributed by atoms with Crippen LogP contribution >= 0.6 is 0 Å². The van der Waals surface area contributed by atoms with Crippen LogP contribution in [0.3, 0.4) is 0 Å². The molecule has 1 aromatic rings. The smallest absolute Gasteiger partial charge is 0.309 e. The summed E-state index contributed by atoms with van der Waals surface area (Å²) in [6.45, 7) is 4.06. The van der Waals surface area contributed by atoms with Crippen LogP contribution in [-0.2, 0) is 16.1 Å². The van der Waals surface area contributed by atoms with Crippen molar-refractivity contribution in [3.8, 4) is 0 Å². The van der Waals surface area contributed by atoms with Crippen molar-refractivity contribution < 1.29 is 19.2 Å². The van der Waals surface area contributed by atoms with Gasteiger partial charge >= 0.3 is 5.97 Å². The molecule has 120 valence electrons. The van der Waals surface area contributed by atoms with Gasteiger partial charge in [-0.2, -0.15) is 0 Å². The molecule has 22 heavy (non-hydrogen) atoms. The van der Waals surface area contributed by atoms with E-state index in [1.807, 2.05) is 13.0 Å². The molecule has 0 aliphatic carbocycles. The molecule has 1 spiro atoms. The standard InChI is InChI=1S/C15H21N3O4/c1-10-7-11(22-16-10)9-18-5-3-15(4-6-18)12(14(20)21)8-13(19)17(15)2/h7,12H,3-6,8-9H2,1-2H3,(H,20,21)/t12-/m1/s1. The highest BCUT2D eigenvalue weighted by atomic mass is 16.5. The van der Waals surface area contributed by atoms with E-state index in [-0.39, 0.29) is 12.3 Å². The number of carbonyl (C=O) groups excluding carboxylic acids is 1. The van der Waals surface area contributed by atoms with Gasteiger partial charge in [-0.25, -0.2) is 0 Å². The summed E-state index contributed by atoms with van der Waals surface area (Å²) in [5, 5.41) is 13.3. The first-order chi connectivity index (χ1) is 10.4. The zero-order valence-electron chi connectivity index (χ0n) is 12.9. The number of aromatic nitrogens is 1. The first-order valence-electron chi connectivity index (χ1n) is 7.56. The normalized spacial score (nSPS) is 25.1. The number of likely N-dealkylation sites (tertiary alicyclic amines) is 2. The van der Waals surface area contributed by atoms with E-state index >= 15 is 0 Å². The number of hydrogen-bond acceptors (Lipinski definition) is 5. The average Bonchev–Trinajstić information content (AvgIpc) is 2.99. The van der Waals surface area contributed by atoms with Crippen LogP contribution in [0.15, 0.2) is 10.6 Å². The van der Waals surface area contributed by atoms with Crippen molar-refractivity contribution in [3.05, 3.63) is 17.5 Å². The van der Waals surface area contributed by atoms with E-state index in [0.717, 1.165) is 24.5 Å². The lowest BCUT2D eigenvalue weighted by Gasteiger charge is -2.45. The number of aryl methyl sites for hydroxylation is 1. The van der Waals surface area contributed by atoms with Crippen molar-refractivity contribution in [1.29, 1.82) is 0 Å². The molecule has 0 unspecified atom stereocenters. The SMILES string of the molecule is Cc1cc(CN2CCC3(CC2)[C@@H](C(=O)O)CC(=O)N3C)on1. The highest BCUT2D eigenvalue weighted by Gasteiger charge is 2.55. The van der Waals surface area contributed by atoms with Crippen LogP contribution < -0.4 is 0 Å². The molecule has 1 amide bonds. The molecule has 2 aliphatic heterocycles. The van der Waals surface area contributed by atoms with Crippen LogP contribution in [0.4, 0.5) is 0 Å². The number of carboxylic acids is 1. The van der Waals surface area contributed by atoms with Crippen molar-refractivity contribution in [1.82, 2.24) is 15.0 Å². The molecule has 0 bridgehead atoms. The minimum Gasteiger partial charge on any atom is -0.481 e. The summed E-state index contributed by atoms with van der Waals surface area (Å²) in [6.07, 6.45) is 1.48. The Hall–Kier alpha value is -1.89. The van der Waals surface area contributed by atoms with Crippen molar-refractivity contribution in [2.45, 2.75) is 38.3 Å². The maximum Gasteiger partial charge on any atom is 0.309 e. The first kappa shape index (κ1) is 15.0. The molecule has 2 aliphatic rings. The third kappa shape index (κ3) is 2.39. The molecule has 0 saturated carbocycles. The Morgan fingerprint density at radius 2 is 2.18 bits per heavy atom. The number of nitrogens with zero attached hydrogens (tertiary/aromatic N) is 3. The van der Waals surface area contributed by atoms with E-state index in [9.17, 15) is 14.7 Å². The fraction of sp³-hybridized carbons (Fsp3) is 0.667. The predicted molar refractivity (Wildman–Crippen MR) is 77.0 cm³/mol. The molecular formula is C15H21N3O4. The van der Waals surface area contributed by atoms with Gasteiger partial charge in [-0.3, -0.25) is 14.5 Å². The molecule has 7 heteroatoms.